The van der Waals surface area contributed by atoms with Gasteiger partial charge in [-0.3, -0.25) is 0 Å². The lowest BCUT2D eigenvalue weighted by molar-refractivity contribution is 0.267. The zero-order chi connectivity index (χ0) is 14.5. The molecule has 1 saturated heterocycles. The van der Waals surface area contributed by atoms with Crippen molar-refractivity contribution in [1.82, 2.24) is 15.5 Å². The van der Waals surface area contributed by atoms with E-state index in [-0.39, 0.29) is 0 Å². The first-order valence-electron chi connectivity index (χ1n) is 8.09. The maximum atomic E-state index is 4.97. The molecule has 0 bridgehead atoms. The second-order valence-corrected chi connectivity index (χ2v) is 6.75. The van der Waals surface area contributed by atoms with Gasteiger partial charge in [-0.25, -0.2) is 0 Å². The molecular formula is C18H19N3O. The third kappa shape index (κ3) is 1.83. The summed E-state index contributed by atoms with van der Waals surface area (Å²) >= 11 is 0. The van der Waals surface area contributed by atoms with Crippen LogP contribution in [0.4, 0.5) is 0 Å². The summed E-state index contributed by atoms with van der Waals surface area (Å²) in [6.45, 7) is 1.09. The number of aromatic amines is 1. The quantitative estimate of drug-likeness (QED) is 0.763. The Morgan fingerprint density at radius 1 is 1.32 bits per heavy atom. The van der Waals surface area contributed by atoms with Crippen molar-refractivity contribution in [2.24, 2.45) is 5.92 Å². The zero-order valence-electron chi connectivity index (χ0n) is 12.4. The Labute approximate surface area is 128 Å². The van der Waals surface area contributed by atoms with Crippen LogP contribution in [-0.4, -0.2) is 22.7 Å². The summed E-state index contributed by atoms with van der Waals surface area (Å²) in [4.78, 5) is 3.43. The van der Waals surface area contributed by atoms with Crippen LogP contribution in [0.15, 0.2) is 41.4 Å². The van der Waals surface area contributed by atoms with Gasteiger partial charge in [0.2, 0.25) is 0 Å². The number of rotatable bonds is 2. The predicted octanol–water partition coefficient (Wildman–Crippen LogP) is 3.02. The number of nitrogens with zero attached hydrogens (tertiary/aromatic N) is 1. The molecule has 3 atom stereocenters. The molecule has 5 rings (SSSR count). The van der Waals surface area contributed by atoms with Crippen molar-refractivity contribution in [2.45, 2.75) is 31.2 Å². The molecule has 22 heavy (non-hydrogen) atoms. The normalized spacial score (nSPS) is 27.0. The van der Waals surface area contributed by atoms with Gasteiger partial charge < -0.3 is 14.8 Å². The lowest BCUT2D eigenvalue weighted by Crippen LogP contribution is -2.47. The van der Waals surface area contributed by atoms with Gasteiger partial charge in [-0.2, -0.15) is 0 Å². The molecule has 1 aliphatic heterocycles. The van der Waals surface area contributed by atoms with Crippen LogP contribution < -0.4 is 5.32 Å². The molecule has 2 N–H and O–H groups in total. The van der Waals surface area contributed by atoms with Crippen LogP contribution >= 0.6 is 0 Å². The standard InChI is InChI=1S/C18H19N3O/c1-2-14-15-5-11(4-12-8-21-22-10-12)7-19-17(15)6-13-9-20-16(3-1)18(13)14/h1-3,8-11,15,17,19-20H,4-7H2/t11?,15-,17-/m1/s1. The molecule has 1 unspecified atom stereocenters. The van der Waals surface area contributed by atoms with Crippen LogP contribution in [-0.2, 0) is 12.8 Å². The first-order chi connectivity index (χ1) is 10.9. The van der Waals surface area contributed by atoms with E-state index in [0.29, 0.717) is 17.9 Å². The number of piperidine rings is 1. The van der Waals surface area contributed by atoms with Crippen LogP contribution in [0.1, 0.15) is 29.0 Å². The van der Waals surface area contributed by atoms with Crippen LogP contribution in [0.25, 0.3) is 10.9 Å². The van der Waals surface area contributed by atoms with Gasteiger partial charge in [-0.1, -0.05) is 17.3 Å². The topological polar surface area (TPSA) is 53.9 Å². The van der Waals surface area contributed by atoms with E-state index in [9.17, 15) is 0 Å². The number of nitrogens with one attached hydrogen (secondary N) is 2. The second kappa shape index (κ2) is 4.71. The highest BCUT2D eigenvalue weighted by molar-refractivity contribution is 5.88. The van der Waals surface area contributed by atoms with Crippen molar-refractivity contribution in [3.05, 3.63) is 53.5 Å². The van der Waals surface area contributed by atoms with Gasteiger partial charge in [0.1, 0.15) is 6.26 Å². The van der Waals surface area contributed by atoms with E-state index in [4.69, 9.17) is 4.52 Å². The third-order valence-corrected chi connectivity index (χ3v) is 5.41. The number of H-pyrrole nitrogens is 1. The lowest BCUT2D eigenvalue weighted by Gasteiger charge is -2.40. The minimum Gasteiger partial charge on any atom is -0.364 e. The van der Waals surface area contributed by atoms with Crippen molar-refractivity contribution >= 4 is 10.9 Å². The Hall–Kier alpha value is -2.07. The monoisotopic (exact) mass is 293 g/mol. The first-order valence-corrected chi connectivity index (χ1v) is 8.09. The minimum atomic E-state index is 0.577. The molecule has 112 valence electrons. The van der Waals surface area contributed by atoms with Gasteiger partial charge in [-0.15, -0.1) is 0 Å². The highest BCUT2D eigenvalue weighted by Gasteiger charge is 2.36. The first kappa shape index (κ1) is 12.5. The molecule has 0 spiro atoms. The maximum absolute atomic E-state index is 4.97. The number of hydrogen-bond donors (Lipinski definition) is 2. The smallest absolute Gasteiger partial charge is 0.126 e. The number of benzene rings is 1. The van der Waals surface area contributed by atoms with Gasteiger partial charge in [0.05, 0.1) is 6.20 Å². The SMILES string of the molecule is c1cc2c3c(c[nH]c3c1)C[C@H]1NCC(Cc3cnoc3)C[C@H]21. The summed E-state index contributed by atoms with van der Waals surface area (Å²) in [5.41, 5.74) is 5.48. The molecule has 3 aromatic rings. The second-order valence-electron chi connectivity index (χ2n) is 6.75. The fourth-order valence-corrected chi connectivity index (χ4v) is 4.43. The largest absolute Gasteiger partial charge is 0.364 e. The molecule has 2 aliphatic rings. The summed E-state index contributed by atoms with van der Waals surface area (Å²) < 4.78 is 4.97. The van der Waals surface area contributed by atoms with Crippen molar-refractivity contribution in [3.63, 3.8) is 0 Å². The maximum Gasteiger partial charge on any atom is 0.126 e. The Morgan fingerprint density at radius 2 is 2.32 bits per heavy atom. The highest BCUT2D eigenvalue weighted by Crippen LogP contribution is 2.42. The molecule has 0 amide bonds. The summed E-state index contributed by atoms with van der Waals surface area (Å²) in [6, 6.07) is 7.27. The van der Waals surface area contributed by atoms with Gasteiger partial charge >= 0.3 is 0 Å². The Balaban J connectivity index is 1.48. The average Bonchev–Trinajstić information content (AvgIpc) is 3.19. The zero-order valence-corrected chi connectivity index (χ0v) is 12.4. The third-order valence-electron chi connectivity index (χ3n) is 5.41. The molecule has 4 nitrogen and oxygen atoms in total. The highest BCUT2D eigenvalue weighted by atomic mass is 16.5. The van der Waals surface area contributed by atoms with E-state index in [1.807, 2.05) is 6.20 Å². The Morgan fingerprint density at radius 3 is 3.23 bits per heavy atom. The predicted molar refractivity (Wildman–Crippen MR) is 84.8 cm³/mol. The summed E-state index contributed by atoms with van der Waals surface area (Å²) in [5.74, 6) is 1.27. The molecule has 1 aliphatic carbocycles. The van der Waals surface area contributed by atoms with Crippen molar-refractivity contribution in [2.75, 3.05) is 6.54 Å². The molecule has 1 fully saturated rings. The molecule has 4 heteroatoms. The summed E-state index contributed by atoms with van der Waals surface area (Å²) in [5, 5.41) is 9.08. The molecular weight excluding hydrogens is 274 g/mol. The van der Waals surface area contributed by atoms with E-state index in [1.54, 1.807) is 6.26 Å². The Bertz CT molecular complexity index is 805. The van der Waals surface area contributed by atoms with Crippen LogP contribution in [0.3, 0.4) is 0 Å². The molecule has 0 saturated carbocycles. The van der Waals surface area contributed by atoms with Gasteiger partial charge in [-0.05, 0) is 48.9 Å². The number of aromatic nitrogens is 2. The van der Waals surface area contributed by atoms with E-state index < -0.39 is 0 Å². The fraction of sp³-hybridized carbons (Fsp3) is 0.389. The minimum absolute atomic E-state index is 0.577. The van der Waals surface area contributed by atoms with E-state index in [0.717, 1.165) is 19.4 Å². The Kier molecular flexibility index (Phi) is 2.67. The van der Waals surface area contributed by atoms with Crippen LogP contribution in [0.2, 0.25) is 0 Å². The van der Waals surface area contributed by atoms with Crippen LogP contribution in [0.5, 0.6) is 0 Å². The van der Waals surface area contributed by atoms with E-state index >= 15 is 0 Å². The summed E-state index contributed by atoms with van der Waals surface area (Å²) in [7, 11) is 0. The lowest BCUT2D eigenvalue weighted by atomic mass is 9.72. The van der Waals surface area contributed by atoms with Crippen LogP contribution in [0, 0.1) is 5.92 Å². The molecule has 1 aromatic carbocycles. The van der Waals surface area contributed by atoms with Gasteiger partial charge in [0, 0.05) is 34.6 Å². The van der Waals surface area contributed by atoms with Crippen molar-refractivity contribution in [1.29, 1.82) is 0 Å². The number of fused-ring (bicyclic) bond motifs is 2. The number of hydrogen-bond acceptors (Lipinski definition) is 3. The van der Waals surface area contributed by atoms with Crippen molar-refractivity contribution < 1.29 is 4.52 Å². The van der Waals surface area contributed by atoms with Crippen molar-refractivity contribution in [3.8, 4) is 0 Å². The molecule has 2 aromatic heterocycles. The fourth-order valence-electron chi connectivity index (χ4n) is 4.43. The summed E-state index contributed by atoms with van der Waals surface area (Å²) in [6.07, 6.45) is 9.25. The average molecular weight is 293 g/mol. The van der Waals surface area contributed by atoms with E-state index in [2.05, 4.69) is 39.9 Å². The van der Waals surface area contributed by atoms with Gasteiger partial charge in [0.15, 0.2) is 0 Å². The van der Waals surface area contributed by atoms with E-state index in [1.165, 1.54) is 34.0 Å². The van der Waals surface area contributed by atoms with Gasteiger partial charge in [0.25, 0.3) is 0 Å². The molecule has 0 radical (unpaired) electrons. The molecule has 3 heterocycles.